The summed E-state index contributed by atoms with van der Waals surface area (Å²) in [5.74, 6) is -0.900. The second-order valence-corrected chi connectivity index (χ2v) is 13.9. The topological polar surface area (TPSA) is 130 Å². The van der Waals surface area contributed by atoms with E-state index in [0.717, 1.165) is 10.5 Å². The Balaban J connectivity index is 0.989. The van der Waals surface area contributed by atoms with Crippen LogP contribution in [0.2, 0.25) is 0 Å². The van der Waals surface area contributed by atoms with E-state index in [0.29, 0.717) is 46.2 Å². The zero-order chi connectivity index (χ0) is 38.7. The zero-order valence-corrected chi connectivity index (χ0v) is 30.8. The molecular formula is C45H35N5O5S. The van der Waals surface area contributed by atoms with Crippen LogP contribution in [-0.2, 0) is 21.0 Å². The van der Waals surface area contributed by atoms with Gasteiger partial charge < -0.3 is 15.4 Å². The summed E-state index contributed by atoms with van der Waals surface area (Å²) in [6, 6.07) is 48.8. The minimum Gasteiger partial charge on any atom is -0.489 e. The lowest BCUT2D eigenvalue weighted by Gasteiger charge is -2.15. The lowest BCUT2D eigenvalue weighted by Crippen LogP contribution is -2.31. The molecule has 0 spiro atoms. The standard InChI is InChI=1S/C45H35N5O5S/c51-42-29-41(45(54)50(42)37-22-18-36(19-23-37)49-48-35-14-8-3-9-15-35)56-39-26-20-34(21-27-39)46-44(53)40(47-43(52)33-12-6-2-7-13-33)28-31-16-24-38(25-17-31)55-30-32-10-4-1-5-11-32/h1-28,41H,29-30H2,(H,46,53)(H,47,52)/b40-28-,49-48?. The number of thioether (sulfide) groups is 1. The Morgan fingerprint density at radius 2 is 1.32 bits per heavy atom. The van der Waals surface area contributed by atoms with Crippen molar-refractivity contribution in [2.24, 2.45) is 10.2 Å². The van der Waals surface area contributed by atoms with Crippen molar-refractivity contribution in [3.63, 3.8) is 0 Å². The van der Waals surface area contributed by atoms with Crippen LogP contribution in [0.15, 0.2) is 185 Å². The van der Waals surface area contributed by atoms with Crippen LogP contribution in [0, 0.1) is 0 Å². The third kappa shape index (κ3) is 9.70. The van der Waals surface area contributed by atoms with Crippen LogP contribution in [0.5, 0.6) is 5.75 Å². The summed E-state index contributed by atoms with van der Waals surface area (Å²) in [7, 11) is 0. The molecule has 1 heterocycles. The van der Waals surface area contributed by atoms with Gasteiger partial charge in [0.15, 0.2) is 0 Å². The number of nitrogens with one attached hydrogen (secondary N) is 2. The highest BCUT2D eigenvalue weighted by Gasteiger charge is 2.40. The first kappa shape index (κ1) is 37.2. The van der Waals surface area contributed by atoms with E-state index in [4.69, 9.17) is 4.74 Å². The minimum absolute atomic E-state index is 0.0395. The molecule has 1 unspecified atom stereocenters. The Bertz CT molecular complexity index is 2370. The van der Waals surface area contributed by atoms with E-state index < -0.39 is 17.1 Å². The molecular weight excluding hydrogens is 723 g/mol. The molecule has 6 aromatic carbocycles. The van der Waals surface area contributed by atoms with Crippen molar-refractivity contribution < 1.29 is 23.9 Å². The fourth-order valence-corrected chi connectivity index (χ4v) is 6.79. The number of imide groups is 1. The summed E-state index contributed by atoms with van der Waals surface area (Å²) in [6.07, 6.45) is 1.64. The van der Waals surface area contributed by atoms with Gasteiger partial charge in [-0.3, -0.25) is 19.2 Å². The third-order valence-corrected chi connectivity index (χ3v) is 9.81. The van der Waals surface area contributed by atoms with Gasteiger partial charge in [0.2, 0.25) is 11.8 Å². The molecule has 2 N–H and O–H groups in total. The third-order valence-electron chi connectivity index (χ3n) is 8.61. The first-order chi connectivity index (χ1) is 27.4. The quantitative estimate of drug-likeness (QED) is 0.0686. The summed E-state index contributed by atoms with van der Waals surface area (Å²) in [5.41, 5.74) is 4.41. The Kier molecular flexibility index (Phi) is 11.8. The predicted molar refractivity (Wildman–Crippen MR) is 218 cm³/mol. The monoisotopic (exact) mass is 757 g/mol. The molecule has 0 radical (unpaired) electrons. The van der Waals surface area contributed by atoms with Crippen molar-refractivity contribution in [1.29, 1.82) is 0 Å². The molecule has 1 fully saturated rings. The number of amides is 4. The minimum atomic E-state index is -0.613. The molecule has 276 valence electrons. The van der Waals surface area contributed by atoms with E-state index in [1.807, 2.05) is 60.7 Å². The molecule has 6 aromatic rings. The summed E-state index contributed by atoms with van der Waals surface area (Å²) in [5, 5.41) is 13.4. The highest BCUT2D eigenvalue weighted by atomic mass is 32.2. The smallest absolute Gasteiger partial charge is 0.272 e. The summed E-state index contributed by atoms with van der Waals surface area (Å²) in [6.45, 7) is 0.417. The van der Waals surface area contributed by atoms with Gasteiger partial charge in [-0.1, -0.05) is 78.9 Å². The fraction of sp³-hybridized carbons (Fsp3) is 0.0667. The van der Waals surface area contributed by atoms with Crippen molar-refractivity contribution in [3.8, 4) is 5.75 Å². The SMILES string of the molecule is O=C(Nc1ccc(SC2CC(=O)N(c3ccc(N=Nc4ccccc4)cc3)C2=O)cc1)/C(=C/c1ccc(OCc2ccccc2)cc1)NC(=O)c1ccccc1. The molecule has 56 heavy (non-hydrogen) atoms. The van der Waals surface area contributed by atoms with Crippen LogP contribution < -0.4 is 20.3 Å². The number of hydrogen-bond acceptors (Lipinski definition) is 8. The van der Waals surface area contributed by atoms with E-state index in [1.165, 1.54) is 16.7 Å². The lowest BCUT2D eigenvalue weighted by molar-refractivity contribution is -0.121. The average Bonchev–Trinajstić information content (AvgIpc) is 3.52. The van der Waals surface area contributed by atoms with Gasteiger partial charge in [0.05, 0.1) is 22.3 Å². The molecule has 0 aliphatic carbocycles. The molecule has 0 bridgehead atoms. The van der Waals surface area contributed by atoms with Crippen molar-refractivity contribution in [2.45, 2.75) is 23.2 Å². The van der Waals surface area contributed by atoms with Gasteiger partial charge in [0.1, 0.15) is 18.1 Å². The second-order valence-electron chi connectivity index (χ2n) is 12.6. The molecule has 1 aliphatic heterocycles. The Morgan fingerprint density at radius 3 is 1.98 bits per heavy atom. The van der Waals surface area contributed by atoms with Gasteiger partial charge in [-0.25, -0.2) is 4.90 Å². The van der Waals surface area contributed by atoms with E-state index in [2.05, 4.69) is 20.9 Å². The fourth-order valence-electron chi connectivity index (χ4n) is 5.74. The highest BCUT2D eigenvalue weighted by molar-refractivity contribution is 8.00. The number of ether oxygens (including phenoxy) is 1. The van der Waals surface area contributed by atoms with Crippen molar-refractivity contribution >= 4 is 64.2 Å². The van der Waals surface area contributed by atoms with Crippen molar-refractivity contribution in [1.82, 2.24) is 5.32 Å². The number of rotatable bonds is 13. The molecule has 0 saturated carbocycles. The van der Waals surface area contributed by atoms with Gasteiger partial charge in [0, 0.05) is 22.6 Å². The van der Waals surface area contributed by atoms with E-state index in [9.17, 15) is 19.2 Å². The van der Waals surface area contributed by atoms with Crippen LogP contribution in [0.25, 0.3) is 6.08 Å². The molecule has 0 aromatic heterocycles. The number of hydrogen-bond donors (Lipinski definition) is 2. The van der Waals surface area contributed by atoms with E-state index >= 15 is 0 Å². The normalized spacial score (nSPS) is 14.2. The van der Waals surface area contributed by atoms with Gasteiger partial charge >= 0.3 is 0 Å². The maximum atomic E-state index is 13.6. The number of anilines is 2. The van der Waals surface area contributed by atoms with Crippen LogP contribution in [-0.4, -0.2) is 28.9 Å². The number of benzene rings is 6. The zero-order valence-electron chi connectivity index (χ0n) is 29.9. The van der Waals surface area contributed by atoms with Crippen molar-refractivity contribution in [3.05, 3.63) is 186 Å². The maximum Gasteiger partial charge on any atom is 0.272 e. The number of nitrogens with zero attached hydrogens (tertiary/aromatic N) is 3. The van der Waals surface area contributed by atoms with Crippen LogP contribution >= 0.6 is 11.8 Å². The van der Waals surface area contributed by atoms with Gasteiger partial charge in [-0.2, -0.15) is 10.2 Å². The molecule has 4 amide bonds. The van der Waals surface area contributed by atoms with Gasteiger partial charge in [0.25, 0.3) is 11.8 Å². The maximum absolute atomic E-state index is 13.6. The largest absolute Gasteiger partial charge is 0.489 e. The lowest BCUT2D eigenvalue weighted by atomic mass is 10.1. The van der Waals surface area contributed by atoms with Gasteiger partial charge in [-0.15, -0.1) is 11.8 Å². The molecule has 7 rings (SSSR count). The Labute approximate surface area is 327 Å². The number of azo groups is 1. The first-order valence-electron chi connectivity index (χ1n) is 17.7. The first-order valence-corrected chi connectivity index (χ1v) is 18.6. The summed E-state index contributed by atoms with van der Waals surface area (Å²) >= 11 is 1.28. The molecule has 1 saturated heterocycles. The summed E-state index contributed by atoms with van der Waals surface area (Å²) < 4.78 is 5.90. The molecule has 1 aliphatic rings. The number of carbonyl (C=O) groups excluding carboxylic acids is 4. The molecule has 11 heteroatoms. The van der Waals surface area contributed by atoms with Crippen LogP contribution in [0.4, 0.5) is 22.7 Å². The van der Waals surface area contributed by atoms with E-state index in [1.54, 1.807) is 109 Å². The van der Waals surface area contributed by atoms with Gasteiger partial charge in [-0.05, 0) is 102 Å². The van der Waals surface area contributed by atoms with Crippen LogP contribution in [0.1, 0.15) is 27.9 Å². The van der Waals surface area contributed by atoms with Crippen molar-refractivity contribution in [2.75, 3.05) is 10.2 Å². The molecule has 10 nitrogen and oxygen atoms in total. The second kappa shape index (κ2) is 17.8. The predicted octanol–water partition coefficient (Wildman–Crippen LogP) is 9.51. The van der Waals surface area contributed by atoms with Crippen LogP contribution in [0.3, 0.4) is 0 Å². The molecule has 1 atom stereocenters. The number of carbonyl (C=O) groups is 4. The van der Waals surface area contributed by atoms with E-state index in [-0.39, 0.29) is 23.9 Å². The highest BCUT2D eigenvalue weighted by Crippen LogP contribution is 2.35. The Morgan fingerprint density at radius 1 is 0.714 bits per heavy atom. The average molecular weight is 758 g/mol. The summed E-state index contributed by atoms with van der Waals surface area (Å²) in [4.78, 5) is 55.1. The Hall–Kier alpha value is -7.11.